The van der Waals surface area contributed by atoms with E-state index in [-0.39, 0.29) is 24.5 Å². The molecule has 2 aromatic rings. The third kappa shape index (κ3) is 3.62. The third-order valence-electron chi connectivity index (χ3n) is 3.73. The lowest BCUT2D eigenvalue weighted by Gasteiger charge is -2.21. The lowest BCUT2D eigenvalue weighted by atomic mass is 10.0. The molecule has 114 valence electrons. The number of H-pyrrole nitrogens is 1. The van der Waals surface area contributed by atoms with Gasteiger partial charge in [-0.15, -0.1) is 0 Å². The quantitative estimate of drug-likeness (QED) is 0.643. The fraction of sp³-hybridized carbons (Fsp3) is 0.438. The van der Waals surface area contributed by atoms with E-state index in [1.165, 1.54) is 0 Å². The van der Waals surface area contributed by atoms with Gasteiger partial charge < -0.3 is 21.1 Å². The Labute approximate surface area is 124 Å². The van der Waals surface area contributed by atoms with Crippen molar-refractivity contribution in [3.8, 4) is 0 Å². The van der Waals surface area contributed by atoms with Gasteiger partial charge in [0.05, 0.1) is 18.7 Å². The first kappa shape index (κ1) is 15.5. The number of para-hydroxylation sites is 1. The van der Waals surface area contributed by atoms with Gasteiger partial charge in [-0.05, 0) is 24.0 Å². The molecule has 5 nitrogen and oxygen atoms in total. The lowest BCUT2D eigenvalue weighted by Crippen LogP contribution is -2.49. The van der Waals surface area contributed by atoms with E-state index in [1.54, 1.807) is 0 Å². The zero-order valence-corrected chi connectivity index (χ0v) is 12.5. The van der Waals surface area contributed by atoms with Crippen LogP contribution in [0.2, 0.25) is 0 Å². The Balaban J connectivity index is 2.07. The van der Waals surface area contributed by atoms with E-state index in [0.717, 1.165) is 16.5 Å². The summed E-state index contributed by atoms with van der Waals surface area (Å²) in [6.07, 6.45) is 2.49. The van der Waals surface area contributed by atoms with Gasteiger partial charge in [-0.25, -0.2) is 0 Å². The predicted octanol–water partition coefficient (Wildman–Crippen LogP) is 1.17. The van der Waals surface area contributed by atoms with Gasteiger partial charge in [-0.2, -0.15) is 0 Å². The third-order valence-corrected chi connectivity index (χ3v) is 3.73. The number of hydrogen-bond donors (Lipinski definition) is 4. The van der Waals surface area contributed by atoms with Gasteiger partial charge in [0.25, 0.3) is 0 Å². The number of carbonyl (C=O) groups excluding carboxylic acids is 1. The summed E-state index contributed by atoms with van der Waals surface area (Å²) >= 11 is 0. The fourth-order valence-corrected chi connectivity index (χ4v) is 2.33. The van der Waals surface area contributed by atoms with Crippen molar-refractivity contribution in [1.29, 1.82) is 0 Å². The number of hydrogen-bond acceptors (Lipinski definition) is 3. The maximum absolute atomic E-state index is 12.0. The monoisotopic (exact) mass is 289 g/mol. The van der Waals surface area contributed by atoms with E-state index in [1.807, 2.05) is 44.3 Å². The molecule has 0 saturated heterocycles. The number of benzene rings is 1. The first-order chi connectivity index (χ1) is 10.0. The number of fused-ring (bicyclic) bond motifs is 1. The van der Waals surface area contributed by atoms with Crippen molar-refractivity contribution in [3.05, 3.63) is 36.0 Å². The van der Waals surface area contributed by atoms with E-state index in [2.05, 4.69) is 10.3 Å². The fourth-order valence-electron chi connectivity index (χ4n) is 2.33. The Bertz CT molecular complexity index is 606. The number of aliphatic hydroxyl groups is 1. The largest absolute Gasteiger partial charge is 0.394 e. The zero-order chi connectivity index (χ0) is 15.4. The summed E-state index contributed by atoms with van der Waals surface area (Å²) in [5.41, 5.74) is 7.95. The van der Waals surface area contributed by atoms with Gasteiger partial charge in [0.1, 0.15) is 0 Å². The summed E-state index contributed by atoms with van der Waals surface area (Å²) in [7, 11) is 0. The second-order valence-corrected chi connectivity index (χ2v) is 5.72. The van der Waals surface area contributed by atoms with Crippen LogP contribution in [0.25, 0.3) is 10.9 Å². The summed E-state index contributed by atoms with van der Waals surface area (Å²) in [5.74, 6) is -0.152. The van der Waals surface area contributed by atoms with Crippen LogP contribution in [0.4, 0.5) is 0 Å². The minimum absolute atomic E-state index is 0.0671. The van der Waals surface area contributed by atoms with Crippen molar-refractivity contribution < 1.29 is 9.90 Å². The van der Waals surface area contributed by atoms with Crippen LogP contribution in [0.1, 0.15) is 19.4 Å². The number of nitrogens with two attached hydrogens (primary N) is 1. The van der Waals surface area contributed by atoms with Gasteiger partial charge in [-0.1, -0.05) is 32.0 Å². The second-order valence-electron chi connectivity index (χ2n) is 5.72. The molecule has 0 bridgehead atoms. The maximum atomic E-state index is 12.0. The molecule has 2 atom stereocenters. The van der Waals surface area contributed by atoms with E-state index in [4.69, 9.17) is 5.73 Å². The first-order valence-corrected chi connectivity index (χ1v) is 7.24. The van der Waals surface area contributed by atoms with Crippen molar-refractivity contribution in [2.75, 3.05) is 6.61 Å². The molecule has 0 spiro atoms. The molecule has 0 fully saturated rings. The molecule has 0 aliphatic carbocycles. The first-order valence-electron chi connectivity index (χ1n) is 7.24. The van der Waals surface area contributed by atoms with Crippen LogP contribution in [0.15, 0.2) is 30.5 Å². The van der Waals surface area contributed by atoms with E-state index in [0.29, 0.717) is 6.42 Å². The molecule has 0 aliphatic rings. The van der Waals surface area contributed by atoms with E-state index < -0.39 is 6.04 Å². The number of carbonyl (C=O) groups is 1. The van der Waals surface area contributed by atoms with Crippen molar-refractivity contribution in [1.82, 2.24) is 10.3 Å². The van der Waals surface area contributed by atoms with Gasteiger partial charge in [0.2, 0.25) is 5.91 Å². The average Bonchev–Trinajstić information content (AvgIpc) is 2.88. The minimum atomic E-state index is -0.554. The summed E-state index contributed by atoms with van der Waals surface area (Å²) in [6, 6.07) is 7.08. The van der Waals surface area contributed by atoms with Crippen LogP contribution in [0, 0.1) is 5.92 Å². The van der Waals surface area contributed by atoms with Gasteiger partial charge >= 0.3 is 0 Å². The molecule has 1 aromatic carbocycles. The van der Waals surface area contributed by atoms with Gasteiger partial charge in [0, 0.05) is 17.1 Å². The number of nitrogens with one attached hydrogen (secondary N) is 2. The molecular weight excluding hydrogens is 266 g/mol. The molecule has 0 aliphatic heterocycles. The Morgan fingerprint density at radius 1 is 1.38 bits per heavy atom. The summed E-state index contributed by atoms with van der Waals surface area (Å²) in [4.78, 5) is 15.2. The molecule has 21 heavy (non-hydrogen) atoms. The highest BCUT2D eigenvalue weighted by Gasteiger charge is 2.21. The standard InChI is InChI=1S/C16H23N3O2/c1-10(2)15(17)16(21)19-12(9-20)7-11-8-18-14-6-4-3-5-13(11)14/h3-6,8,10,12,15,18,20H,7,9,17H2,1-2H3,(H,19,21)/t12-,15-/m0/s1. The van der Waals surface area contributed by atoms with Crippen molar-refractivity contribution in [3.63, 3.8) is 0 Å². The van der Waals surface area contributed by atoms with Gasteiger partial charge in [0.15, 0.2) is 0 Å². The smallest absolute Gasteiger partial charge is 0.237 e. The number of aromatic nitrogens is 1. The van der Waals surface area contributed by atoms with Crippen LogP contribution in [0.5, 0.6) is 0 Å². The number of aromatic amines is 1. The highest BCUT2D eigenvalue weighted by Crippen LogP contribution is 2.19. The van der Waals surface area contributed by atoms with Crippen LogP contribution >= 0.6 is 0 Å². The Morgan fingerprint density at radius 2 is 2.10 bits per heavy atom. The van der Waals surface area contributed by atoms with Crippen molar-refractivity contribution in [2.24, 2.45) is 11.7 Å². The molecule has 0 saturated carbocycles. The molecular formula is C16H23N3O2. The molecule has 0 unspecified atom stereocenters. The molecule has 1 heterocycles. The Hall–Kier alpha value is -1.85. The number of amides is 1. The summed E-state index contributed by atoms with van der Waals surface area (Å²) in [5, 5.41) is 13.4. The SMILES string of the molecule is CC(C)[C@H](N)C(=O)N[C@H](CO)Cc1c[nH]c2ccccc12. The molecule has 2 rings (SSSR count). The van der Waals surface area contributed by atoms with Crippen molar-refractivity contribution >= 4 is 16.8 Å². The zero-order valence-electron chi connectivity index (χ0n) is 12.5. The molecule has 1 aromatic heterocycles. The number of rotatable bonds is 6. The summed E-state index contributed by atoms with van der Waals surface area (Å²) < 4.78 is 0. The highest BCUT2D eigenvalue weighted by atomic mass is 16.3. The average molecular weight is 289 g/mol. The second kappa shape index (κ2) is 6.74. The molecule has 1 amide bonds. The highest BCUT2D eigenvalue weighted by molar-refractivity contribution is 5.84. The lowest BCUT2D eigenvalue weighted by molar-refractivity contribution is -0.124. The Kier molecular flexibility index (Phi) is 4.98. The van der Waals surface area contributed by atoms with Crippen LogP contribution < -0.4 is 11.1 Å². The minimum Gasteiger partial charge on any atom is -0.394 e. The Morgan fingerprint density at radius 3 is 2.76 bits per heavy atom. The normalized spacial score (nSPS) is 14.3. The van der Waals surface area contributed by atoms with E-state index in [9.17, 15) is 9.90 Å². The molecule has 5 N–H and O–H groups in total. The number of aliphatic hydroxyl groups excluding tert-OH is 1. The van der Waals surface area contributed by atoms with E-state index >= 15 is 0 Å². The topological polar surface area (TPSA) is 91.1 Å². The molecule has 0 radical (unpaired) electrons. The van der Waals surface area contributed by atoms with Crippen LogP contribution in [-0.2, 0) is 11.2 Å². The van der Waals surface area contributed by atoms with Crippen molar-refractivity contribution in [2.45, 2.75) is 32.4 Å². The predicted molar refractivity (Wildman–Crippen MR) is 83.8 cm³/mol. The maximum Gasteiger partial charge on any atom is 0.237 e. The molecule has 5 heteroatoms. The van der Waals surface area contributed by atoms with Crippen LogP contribution in [0.3, 0.4) is 0 Å². The van der Waals surface area contributed by atoms with Crippen LogP contribution in [-0.4, -0.2) is 34.7 Å². The van der Waals surface area contributed by atoms with Gasteiger partial charge in [-0.3, -0.25) is 4.79 Å². The summed E-state index contributed by atoms with van der Waals surface area (Å²) in [6.45, 7) is 3.69.